The average molecular weight is 468 g/mol. The minimum atomic E-state index is -4.27. The summed E-state index contributed by atoms with van der Waals surface area (Å²) in [5.74, 6) is 1.27. The molecule has 1 fully saturated rings. The molecular weight excluding hydrogens is 442 g/mol. The van der Waals surface area contributed by atoms with Gasteiger partial charge in [-0.2, -0.15) is 8.42 Å². The fraction of sp³-hybridized carbons (Fsp3) is 0.240. The molecule has 0 radical (unpaired) electrons. The number of anilines is 1. The third-order valence-corrected chi connectivity index (χ3v) is 7.24. The van der Waals surface area contributed by atoms with E-state index >= 15 is 0 Å². The summed E-state index contributed by atoms with van der Waals surface area (Å²) in [7, 11) is -4.27. The van der Waals surface area contributed by atoms with E-state index in [0.29, 0.717) is 22.7 Å². The van der Waals surface area contributed by atoms with Gasteiger partial charge >= 0.3 is 0 Å². The topological polar surface area (TPSA) is 102 Å². The van der Waals surface area contributed by atoms with E-state index in [1.165, 1.54) is 12.1 Å². The quantitative estimate of drug-likeness (QED) is 0.520. The zero-order valence-corrected chi connectivity index (χ0v) is 19.0. The van der Waals surface area contributed by atoms with Gasteiger partial charge in [0.1, 0.15) is 0 Å². The Bertz CT molecular complexity index is 1400. The summed E-state index contributed by atoms with van der Waals surface area (Å²) in [6.07, 6.45) is 1.51. The molecule has 3 aromatic rings. The molecule has 2 aliphatic rings. The van der Waals surface area contributed by atoms with Gasteiger partial charge in [-0.25, -0.2) is 0 Å². The molecule has 0 spiro atoms. The molecule has 1 heterocycles. The molecule has 1 saturated carbocycles. The molecule has 1 aliphatic heterocycles. The van der Waals surface area contributed by atoms with Crippen LogP contribution in [0.3, 0.4) is 0 Å². The molecule has 2 N–H and O–H groups in total. The monoisotopic (exact) mass is 467 g/mol. The first-order valence-electron chi connectivity index (χ1n) is 10.6. The van der Waals surface area contributed by atoms with Crippen LogP contribution >= 0.6 is 0 Å². The molecule has 0 aromatic heterocycles. The van der Waals surface area contributed by atoms with E-state index in [4.69, 9.17) is 9.47 Å². The van der Waals surface area contributed by atoms with Crippen molar-refractivity contribution in [1.29, 1.82) is 0 Å². The van der Waals surface area contributed by atoms with Crippen LogP contribution in [0.1, 0.15) is 31.0 Å². The van der Waals surface area contributed by atoms with Gasteiger partial charge in [-0.3, -0.25) is 9.35 Å². The smallest absolute Gasteiger partial charge is 0.294 e. The zero-order valence-electron chi connectivity index (χ0n) is 18.2. The summed E-state index contributed by atoms with van der Waals surface area (Å²) in [5, 5.41) is 3.06. The number of aryl methyl sites for hydroxylation is 2. The lowest BCUT2D eigenvalue weighted by molar-refractivity contribution is -0.118. The minimum absolute atomic E-state index is 0. The molecule has 7 nitrogen and oxygen atoms in total. The van der Waals surface area contributed by atoms with Crippen molar-refractivity contribution < 1.29 is 28.7 Å². The van der Waals surface area contributed by atoms with Crippen LogP contribution in [0, 0.1) is 13.8 Å². The molecule has 1 aliphatic carbocycles. The Kier molecular flexibility index (Phi) is 4.95. The first-order chi connectivity index (χ1) is 15.7. The van der Waals surface area contributed by atoms with E-state index < -0.39 is 15.5 Å². The predicted octanol–water partition coefficient (Wildman–Crippen LogP) is 4.86. The van der Waals surface area contributed by atoms with Crippen molar-refractivity contribution in [2.75, 3.05) is 12.1 Å². The Labute approximate surface area is 193 Å². The molecule has 0 bridgehead atoms. The van der Waals surface area contributed by atoms with Crippen molar-refractivity contribution in [3.8, 4) is 22.6 Å². The van der Waals surface area contributed by atoms with E-state index in [1.54, 1.807) is 13.0 Å². The van der Waals surface area contributed by atoms with Crippen molar-refractivity contribution in [2.45, 2.75) is 37.0 Å². The number of hydrogen-bond acceptors (Lipinski definition) is 5. The fourth-order valence-electron chi connectivity index (χ4n) is 4.31. The Morgan fingerprint density at radius 1 is 0.939 bits per heavy atom. The summed E-state index contributed by atoms with van der Waals surface area (Å²) in [6.45, 7) is 3.92. The molecular formula is C25H25NO6S. The van der Waals surface area contributed by atoms with Gasteiger partial charge in [-0.1, -0.05) is 18.2 Å². The Balaban J connectivity index is 0.00000274. The Morgan fingerprint density at radius 2 is 1.70 bits per heavy atom. The van der Waals surface area contributed by atoms with Gasteiger partial charge in [0.05, 0.1) is 10.3 Å². The number of rotatable bonds is 5. The number of carbonyl (C=O) groups excluding carboxylic acids is 1. The van der Waals surface area contributed by atoms with Crippen LogP contribution in [0.25, 0.3) is 11.1 Å². The summed E-state index contributed by atoms with van der Waals surface area (Å²) < 4.78 is 43.1. The normalized spacial score (nSPS) is 15.8. The van der Waals surface area contributed by atoms with E-state index in [-0.39, 0.29) is 19.0 Å². The second kappa shape index (κ2) is 7.60. The van der Waals surface area contributed by atoms with E-state index in [0.717, 1.165) is 35.1 Å². The molecule has 0 saturated heterocycles. The lowest BCUT2D eigenvalue weighted by Crippen LogP contribution is -2.27. The van der Waals surface area contributed by atoms with Crippen LogP contribution in [0.4, 0.5) is 5.69 Å². The number of nitrogens with one attached hydrogen (secondary N) is 1. The maximum atomic E-state index is 13.3. The Morgan fingerprint density at radius 3 is 2.39 bits per heavy atom. The highest BCUT2D eigenvalue weighted by atomic mass is 32.2. The van der Waals surface area contributed by atoms with Gasteiger partial charge in [0, 0.05) is 7.11 Å². The van der Waals surface area contributed by atoms with E-state index in [2.05, 4.69) is 5.32 Å². The van der Waals surface area contributed by atoms with Crippen LogP contribution in [0.15, 0.2) is 59.5 Å². The third-order valence-electron chi connectivity index (χ3n) is 6.39. The SMILES string of the molecule is Cc1cc(S(=O)(=O)O)ccc1-c1cc(NC(=O)C2(c3ccc4c(c3)OCO4)CC2)ccc1C.[HH]. The Hall–Kier alpha value is -3.36. The molecule has 8 heteroatoms. The first kappa shape index (κ1) is 21.5. The first-order valence-corrected chi connectivity index (χ1v) is 12.0. The van der Waals surface area contributed by atoms with Crippen LogP contribution in [0.2, 0.25) is 0 Å². The number of hydrogen-bond donors (Lipinski definition) is 2. The molecule has 0 atom stereocenters. The largest absolute Gasteiger partial charge is 0.454 e. The van der Waals surface area contributed by atoms with Gasteiger partial charge in [0.2, 0.25) is 12.7 Å². The minimum Gasteiger partial charge on any atom is -0.454 e. The molecule has 1 amide bonds. The number of fused-ring (bicyclic) bond motifs is 1. The lowest BCUT2D eigenvalue weighted by Gasteiger charge is -2.18. The van der Waals surface area contributed by atoms with E-state index in [1.807, 2.05) is 43.3 Å². The van der Waals surface area contributed by atoms with E-state index in [9.17, 15) is 17.8 Å². The van der Waals surface area contributed by atoms with Gasteiger partial charge < -0.3 is 14.8 Å². The van der Waals surface area contributed by atoms with Crippen LogP contribution in [-0.2, 0) is 20.3 Å². The van der Waals surface area contributed by atoms with Gasteiger partial charge in [-0.15, -0.1) is 0 Å². The number of carbonyl (C=O) groups is 1. The average Bonchev–Trinajstić information content (AvgIpc) is 3.45. The summed E-state index contributed by atoms with van der Waals surface area (Å²) in [5.41, 5.74) is 4.37. The van der Waals surface area contributed by atoms with Crippen molar-refractivity contribution >= 4 is 21.7 Å². The lowest BCUT2D eigenvalue weighted by atomic mass is 9.93. The van der Waals surface area contributed by atoms with Gasteiger partial charge in [0.25, 0.3) is 10.1 Å². The second-order valence-corrected chi connectivity index (χ2v) is 10.0. The maximum Gasteiger partial charge on any atom is 0.294 e. The van der Waals surface area contributed by atoms with Crippen molar-refractivity contribution in [1.82, 2.24) is 0 Å². The standard InChI is InChI=1S/C25H23NO6S.H2/c1-15-3-5-18(13-21(15)20-7-6-19(11-16(20)2)33(28,29)30)26-24(27)25(9-10-25)17-4-8-22-23(12-17)32-14-31-22;/h3-8,11-13H,9-10,14H2,1-2H3,(H,26,27)(H,28,29,30);1H. The number of amides is 1. The second-order valence-electron chi connectivity index (χ2n) is 8.59. The van der Waals surface area contributed by atoms with Crippen LogP contribution in [0.5, 0.6) is 11.5 Å². The van der Waals surface area contributed by atoms with Gasteiger partial charge in [-0.05, 0) is 90.9 Å². The molecule has 33 heavy (non-hydrogen) atoms. The highest BCUT2D eigenvalue weighted by molar-refractivity contribution is 7.85. The van der Waals surface area contributed by atoms with Crippen molar-refractivity contribution in [3.63, 3.8) is 0 Å². The third kappa shape index (κ3) is 3.85. The fourth-order valence-corrected chi connectivity index (χ4v) is 4.87. The highest BCUT2D eigenvalue weighted by Gasteiger charge is 2.51. The number of benzene rings is 3. The van der Waals surface area contributed by atoms with Crippen LogP contribution in [-0.4, -0.2) is 25.7 Å². The summed E-state index contributed by atoms with van der Waals surface area (Å²) in [6, 6.07) is 15.8. The summed E-state index contributed by atoms with van der Waals surface area (Å²) >= 11 is 0. The molecule has 3 aromatic carbocycles. The summed E-state index contributed by atoms with van der Waals surface area (Å²) in [4.78, 5) is 13.1. The molecule has 172 valence electrons. The highest BCUT2D eigenvalue weighted by Crippen LogP contribution is 2.51. The maximum absolute atomic E-state index is 13.3. The molecule has 5 rings (SSSR count). The predicted molar refractivity (Wildman–Crippen MR) is 125 cm³/mol. The number of ether oxygens (including phenoxy) is 2. The zero-order chi connectivity index (χ0) is 23.4. The van der Waals surface area contributed by atoms with Crippen molar-refractivity contribution in [3.05, 3.63) is 71.3 Å². The van der Waals surface area contributed by atoms with Gasteiger partial charge in [0.15, 0.2) is 11.5 Å². The molecule has 0 unspecified atom stereocenters. The van der Waals surface area contributed by atoms with Crippen molar-refractivity contribution in [2.24, 2.45) is 0 Å². The van der Waals surface area contributed by atoms with Crippen LogP contribution < -0.4 is 14.8 Å².